The van der Waals surface area contributed by atoms with Gasteiger partial charge in [0.05, 0.1) is 11.1 Å². The predicted molar refractivity (Wildman–Crippen MR) is 103 cm³/mol. The Morgan fingerprint density at radius 2 is 1.00 bits per heavy atom. The van der Waals surface area contributed by atoms with Crippen molar-refractivity contribution in [3.8, 4) is 0 Å². The third-order valence-electron chi connectivity index (χ3n) is 3.81. The van der Waals surface area contributed by atoms with Gasteiger partial charge in [0.1, 0.15) is 6.10 Å². The Morgan fingerprint density at radius 3 is 1.43 bits per heavy atom. The van der Waals surface area contributed by atoms with E-state index in [0.29, 0.717) is 11.1 Å². The summed E-state index contributed by atoms with van der Waals surface area (Å²) in [5, 5.41) is 27.0. The maximum atomic E-state index is 11.9. The number of carboxylic acids is 2. The molecule has 0 aliphatic rings. The third kappa shape index (κ3) is 5.36. The minimum Gasteiger partial charge on any atom is -0.478 e. The van der Waals surface area contributed by atoms with Crippen molar-refractivity contribution in [2.24, 2.45) is 0 Å². The van der Waals surface area contributed by atoms with E-state index in [1.807, 2.05) is 12.1 Å². The van der Waals surface area contributed by atoms with Crippen LogP contribution in [0.2, 0.25) is 0 Å². The van der Waals surface area contributed by atoms with E-state index in [1.165, 1.54) is 24.3 Å². The zero-order chi connectivity index (χ0) is 20.5. The minimum atomic E-state index is -1.23. The summed E-state index contributed by atoms with van der Waals surface area (Å²) in [6.07, 6.45) is -1.08. The highest BCUT2D eigenvalue weighted by atomic mass is 16.4. The largest absolute Gasteiger partial charge is 0.478 e. The van der Waals surface area contributed by atoms with Gasteiger partial charge in [0.15, 0.2) is 5.78 Å². The van der Waals surface area contributed by atoms with Gasteiger partial charge in [-0.15, -0.1) is 0 Å². The summed E-state index contributed by atoms with van der Waals surface area (Å²) < 4.78 is 0. The van der Waals surface area contributed by atoms with Crippen LogP contribution in [-0.4, -0.2) is 33.0 Å². The van der Waals surface area contributed by atoms with Gasteiger partial charge in [-0.1, -0.05) is 72.8 Å². The molecule has 6 heteroatoms. The van der Waals surface area contributed by atoms with Crippen molar-refractivity contribution < 1.29 is 29.7 Å². The highest BCUT2D eigenvalue weighted by Gasteiger charge is 2.18. The molecule has 0 fully saturated rings. The number of Topliss-reactive ketones (excluding diaryl/α,β-unsaturated/α-hetero) is 1. The molecule has 0 spiro atoms. The molecule has 0 aliphatic heterocycles. The number of aromatic carboxylic acids is 2. The molecule has 3 N–H and O–H groups in total. The first-order valence-electron chi connectivity index (χ1n) is 8.29. The molecule has 3 rings (SSSR count). The van der Waals surface area contributed by atoms with Gasteiger partial charge in [0, 0.05) is 5.56 Å². The van der Waals surface area contributed by atoms with Crippen molar-refractivity contribution in [2.75, 3.05) is 0 Å². The van der Waals surface area contributed by atoms with Crippen molar-refractivity contribution in [1.29, 1.82) is 0 Å². The van der Waals surface area contributed by atoms with Gasteiger partial charge >= 0.3 is 11.9 Å². The Kier molecular flexibility index (Phi) is 7.19. The quantitative estimate of drug-likeness (QED) is 0.584. The Bertz CT molecular complexity index is 918. The number of rotatable bonds is 5. The molecule has 1 unspecified atom stereocenters. The molecule has 0 heterocycles. The van der Waals surface area contributed by atoms with Gasteiger partial charge in [-0.25, -0.2) is 9.59 Å². The fraction of sp³-hybridized carbons (Fsp3) is 0.0455. The van der Waals surface area contributed by atoms with Crippen LogP contribution in [0.1, 0.15) is 42.7 Å². The second-order valence-corrected chi connectivity index (χ2v) is 5.70. The molecule has 1 atom stereocenters. The lowest BCUT2D eigenvalue weighted by Crippen LogP contribution is -2.11. The molecular weight excluding hydrogens is 360 g/mol. The number of benzene rings is 3. The monoisotopic (exact) mass is 378 g/mol. The fourth-order valence-corrected chi connectivity index (χ4v) is 2.40. The number of hydrogen-bond donors (Lipinski definition) is 3. The highest BCUT2D eigenvalue weighted by Crippen LogP contribution is 2.17. The summed E-state index contributed by atoms with van der Waals surface area (Å²) in [5.74, 6) is -2.73. The molecule has 0 aliphatic carbocycles. The van der Waals surface area contributed by atoms with Crippen molar-refractivity contribution >= 4 is 17.7 Å². The van der Waals surface area contributed by atoms with Crippen molar-refractivity contribution in [2.45, 2.75) is 6.10 Å². The Labute approximate surface area is 161 Å². The average Bonchev–Trinajstić information content (AvgIpc) is 2.74. The smallest absolute Gasteiger partial charge is 0.336 e. The van der Waals surface area contributed by atoms with Crippen LogP contribution in [0, 0.1) is 0 Å². The zero-order valence-electron chi connectivity index (χ0n) is 14.7. The SMILES string of the molecule is O=C(O)c1ccccc1C(=O)O.O=C(c1ccccc1)C(O)c1ccccc1. The van der Waals surface area contributed by atoms with Gasteiger partial charge in [-0.2, -0.15) is 0 Å². The summed E-state index contributed by atoms with van der Waals surface area (Å²) in [6.45, 7) is 0. The van der Waals surface area contributed by atoms with Crippen molar-refractivity contribution in [1.82, 2.24) is 0 Å². The molecule has 3 aromatic rings. The standard InChI is InChI=1S/C14H12O2.C8H6O4/c15-13(11-7-3-1-4-8-11)14(16)12-9-5-2-6-10-12;9-7(10)5-3-1-2-4-6(5)8(11)12/h1-10,13,15H;1-4H,(H,9,10)(H,11,12). The number of carboxylic acid groups (broad SMARTS) is 2. The summed E-state index contributed by atoms with van der Waals surface area (Å²) in [7, 11) is 0. The Hall–Kier alpha value is -3.77. The van der Waals surface area contributed by atoms with Crippen LogP contribution in [0.4, 0.5) is 0 Å². The number of ketones is 1. The zero-order valence-corrected chi connectivity index (χ0v) is 14.7. The van der Waals surface area contributed by atoms with E-state index in [2.05, 4.69) is 0 Å². The molecule has 6 nitrogen and oxygen atoms in total. The summed E-state index contributed by atoms with van der Waals surface area (Å²) in [4.78, 5) is 32.8. The summed E-state index contributed by atoms with van der Waals surface area (Å²) in [5.41, 5.74) is 0.769. The molecule has 0 bridgehead atoms. The van der Waals surface area contributed by atoms with Crippen molar-refractivity contribution in [3.05, 3.63) is 107 Å². The maximum absolute atomic E-state index is 11.9. The van der Waals surface area contributed by atoms with Crippen LogP contribution in [0.5, 0.6) is 0 Å². The molecule has 0 saturated heterocycles. The number of carbonyl (C=O) groups excluding carboxylic acids is 1. The van der Waals surface area contributed by atoms with Gasteiger partial charge < -0.3 is 15.3 Å². The highest BCUT2D eigenvalue weighted by molar-refractivity contribution is 6.01. The first-order chi connectivity index (χ1) is 13.4. The summed E-state index contributed by atoms with van der Waals surface area (Å²) >= 11 is 0. The molecule has 28 heavy (non-hydrogen) atoms. The van der Waals surface area contributed by atoms with Crippen LogP contribution >= 0.6 is 0 Å². The molecule has 0 radical (unpaired) electrons. The van der Waals surface area contributed by atoms with Gasteiger partial charge in [0.2, 0.25) is 0 Å². The van der Waals surface area contributed by atoms with E-state index in [9.17, 15) is 19.5 Å². The number of aliphatic hydroxyl groups is 1. The Morgan fingerprint density at radius 1 is 0.607 bits per heavy atom. The number of hydrogen-bond acceptors (Lipinski definition) is 4. The van der Waals surface area contributed by atoms with Gasteiger partial charge in [-0.3, -0.25) is 4.79 Å². The fourth-order valence-electron chi connectivity index (χ4n) is 2.40. The topological polar surface area (TPSA) is 112 Å². The molecule has 0 aromatic heterocycles. The van der Waals surface area contributed by atoms with Gasteiger partial charge in [-0.05, 0) is 17.7 Å². The van der Waals surface area contributed by atoms with Gasteiger partial charge in [0.25, 0.3) is 0 Å². The molecule has 3 aromatic carbocycles. The second kappa shape index (κ2) is 9.80. The van der Waals surface area contributed by atoms with Crippen LogP contribution < -0.4 is 0 Å². The average molecular weight is 378 g/mol. The lowest BCUT2D eigenvalue weighted by molar-refractivity contribution is 0.0651. The third-order valence-corrected chi connectivity index (χ3v) is 3.81. The first kappa shape index (κ1) is 20.5. The lowest BCUT2D eigenvalue weighted by Gasteiger charge is -2.09. The molecule has 0 amide bonds. The van der Waals surface area contributed by atoms with E-state index < -0.39 is 18.0 Å². The van der Waals surface area contributed by atoms with Crippen LogP contribution in [0.15, 0.2) is 84.9 Å². The number of aliphatic hydroxyl groups excluding tert-OH is 1. The maximum Gasteiger partial charge on any atom is 0.336 e. The van der Waals surface area contributed by atoms with Crippen LogP contribution in [0.25, 0.3) is 0 Å². The first-order valence-corrected chi connectivity index (χ1v) is 8.29. The van der Waals surface area contributed by atoms with Crippen LogP contribution in [-0.2, 0) is 0 Å². The van der Waals surface area contributed by atoms with E-state index in [1.54, 1.807) is 48.5 Å². The van der Waals surface area contributed by atoms with E-state index >= 15 is 0 Å². The lowest BCUT2D eigenvalue weighted by atomic mass is 10.0. The normalized spacial score (nSPS) is 10.9. The predicted octanol–water partition coefficient (Wildman–Crippen LogP) is 3.69. The second-order valence-electron chi connectivity index (χ2n) is 5.70. The molecule has 142 valence electrons. The Balaban J connectivity index is 0.000000209. The number of carbonyl (C=O) groups is 3. The van der Waals surface area contributed by atoms with E-state index in [4.69, 9.17) is 10.2 Å². The minimum absolute atomic E-state index is 0.190. The molecular formula is C22H18O6. The van der Waals surface area contributed by atoms with E-state index in [-0.39, 0.29) is 16.9 Å². The van der Waals surface area contributed by atoms with Crippen molar-refractivity contribution in [3.63, 3.8) is 0 Å². The molecule has 0 saturated carbocycles. The summed E-state index contributed by atoms with van der Waals surface area (Å²) in [6, 6.07) is 23.2. The van der Waals surface area contributed by atoms with E-state index in [0.717, 1.165) is 0 Å². The van der Waals surface area contributed by atoms with Crippen LogP contribution in [0.3, 0.4) is 0 Å².